The molecule has 21 heavy (non-hydrogen) atoms. The zero-order chi connectivity index (χ0) is 15.4. The smallest absolute Gasteiger partial charge is 0.180 e. The van der Waals surface area contributed by atoms with E-state index < -0.39 is 5.82 Å². The Bertz CT molecular complexity index is 655. The maximum atomic E-state index is 13.2. The predicted octanol–water partition coefficient (Wildman–Crippen LogP) is 3.15. The maximum Gasteiger partial charge on any atom is 0.180 e. The van der Waals surface area contributed by atoms with Gasteiger partial charge in [-0.2, -0.15) is 0 Å². The van der Waals surface area contributed by atoms with Gasteiger partial charge in [0.2, 0.25) is 0 Å². The molecule has 0 amide bonds. The van der Waals surface area contributed by atoms with E-state index in [1.54, 1.807) is 0 Å². The van der Waals surface area contributed by atoms with Crippen LogP contribution in [0.25, 0.3) is 0 Å². The van der Waals surface area contributed by atoms with Crippen molar-refractivity contribution >= 4 is 5.78 Å². The third-order valence-electron chi connectivity index (χ3n) is 3.37. The number of ketones is 1. The first-order valence-corrected chi connectivity index (χ1v) is 6.72. The van der Waals surface area contributed by atoms with Crippen molar-refractivity contribution in [3.63, 3.8) is 0 Å². The number of halogens is 1. The van der Waals surface area contributed by atoms with E-state index in [1.165, 1.54) is 6.07 Å². The number of aryl methyl sites for hydroxylation is 1. The molecule has 0 radical (unpaired) electrons. The molecule has 4 heteroatoms. The lowest BCUT2D eigenvalue weighted by molar-refractivity contribution is 0.0940. The van der Waals surface area contributed by atoms with E-state index in [4.69, 9.17) is 0 Å². The van der Waals surface area contributed by atoms with Crippen LogP contribution in [-0.2, 0) is 6.54 Å². The number of phenols is 1. The Morgan fingerprint density at radius 3 is 2.67 bits per heavy atom. The molecule has 110 valence electrons. The van der Waals surface area contributed by atoms with Gasteiger partial charge in [0.15, 0.2) is 5.78 Å². The highest BCUT2D eigenvalue weighted by Crippen LogP contribution is 2.19. The van der Waals surface area contributed by atoms with E-state index >= 15 is 0 Å². The molecule has 0 unspecified atom stereocenters. The minimum Gasteiger partial charge on any atom is -0.507 e. The van der Waals surface area contributed by atoms with Crippen LogP contribution < -0.4 is 0 Å². The van der Waals surface area contributed by atoms with Crippen LogP contribution >= 0.6 is 0 Å². The quantitative estimate of drug-likeness (QED) is 0.859. The second-order valence-corrected chi connectivity index (χ2v) is 5.18. The average Bonchev–Trinajstić information content (AvgIpc) is 2.44. The van der Waals surface area contributed by atoms with Crippen LogP contribution in [0.2, 0.25) is 0 Å². The normalized spacial score (nSPS) is 10.9. The third-order valence-corrected chi connectivity index (χ3v) is 3.37. The Morgan fingerprint density at radius 1 is 1.24 bits per heavy atom. The van der Waals surface area contributed by atoms with Gasteiger partial charge in [0.25, 0.3) is 0 Å². The second kappa shape index (κ2) is 6.50. The Balaban J connectivity index is 2.06. The molecule has 0 atom stereocenters. The van der Waals surface area contributed by atoms with Crippen molar-refractivity contribution in [2.75, 3.05) is 13.6 Å². The zero-order valence-corrected chi connectivity index (χ0v) is 12.1. The number of phenolic OH excluding ortho intramolecular Hbond substituents is 1. The highest BCUT2D eigenvalue weighted by molar-refractivity contribution is 5.99. The van der Waals surface area contributed by atoms with Gasteiger partial charge in [-0.15, -0.1) is 0 Å². The highest BCUT2D eigenvalue weighted by Gasteiger charge is 2.15. The molecule has 0 saturated carbocycles. The van der Waals surface area contributed by atoms with Gasteiger partial charge >= 0.3 is 0 Å². The molecule has 0 aliphatic rings. The van der Waals surface area contributed by atoms with Gasteiger partial charge in [-0.05, 0) is 43.3 Å². The minimum atomic E-state index is -0.530. The zero-order valence-electron chi connectivity index (χ0n) is 12.1. The SMILES string of the molecule is Cc1ccccc1CN(C)CC(=O)c1cc(F)ccc1O. The van der Waals surface area contributed by atoms with E-state index in [2.05, 4.69) is 0 Å². The summed E-state index contributed by atoms with van der Waals surface area (Å²) in [6.07, 6.45) is 0. The average molecular weight is 287 g/mol. The monoisotopic (exact) mass is 287 g/mol. The molecular formula is C17H18FNO2. The first-order valence-electron chi connectivity index (χ1n) is 6.72. The van der Waals surface area contributed by atoms with Crippen LogP contribution in [-0.4, -0.2) is 29.4 Å². The Kier molecular flexibility index (Phi) is 4.70. The van der Waals surface area contributed by atoms with E-state index in [0.29, 0.717) is 6.54 Å². The van der Waals surface area contributed by atoms with Gasteiger partial charge in [-0.25, -0.2) is 4.39 Å². The number of nitrogens with zero attached hydrogens (tertiary/aromatic N) is 1. The molecule has 0 aliphatic carbocycles. The van der Waals surface area contributed by atoms with Crippen molar-refractivity contribution in [2.45, 2.75) is 13.5 Å². The molecular weight excluding hydrogens is 269 g/mol. The summed E-state index contributed by atoms with van der Waals surface area (Å²) in [5, 5.41) is 9.65. The number of Topliss-reactive ketones (excluding diaryl/α,β-unsaturated/α-hetero) is 1. The van der Waals surface area contributed by atoms with Gasteiger partial charge in [0, 0.05) is 6.54 Å². The summed E-state index contributed by atoms with van der Waals surface area (Å²) in [7, 11) is 1.82. The van der Waals surface area contributed by atoms with Crippen LogP contribution in [0.1, 0.15) is 21.5 Å². The number of aromatic hydroxyl groups is 1. The van der Waals surface area contributed by atoms with Gasteiger partial charge in [0.05, 0.1) is 12.1 Å². The molecule has 0 spiro atoms. The summed E-state index contributed by atoms with van der Waals surface area (Å²) in [4.78, 5) is 14.0. The lowest BCUT2D eigenvalue weighted by Gasteiger charge is -2.17. The van der Waals surface area contributed by atoms with Gasteiger partial charge in [0.1, 0.15) is 11.6 Å². The Hall–Kier alpha value is -2.20. The molecule has 3 nitrogen and oxygen atoms in total. The van der Waals surface area contributed by atoms with E-state index in [1.807, 2.05) is 43.1 Å². The minimum absolute atomic E-state index is 0.0200. The number of rotatable bonds is 5. The van der Waals surface area contributed by atoms with Crippen LogP contribution in [0.3, 0.4) is 0 Å². The van der Waals surface area contributed by atoms with Crippen LogP contribution in [0.4, 0.5) is 4.39 Å². The molecule has 0 saturated heterocycles. The number of benzene rings is 2. The van der Waals surface area contributed by atoms with Gasteiger partial charge in [-0.3, -0.25) is 9.69 Å². The molecule has 1 N–H and O–H groups in total. The lowest BCUT2D eigenvalue weighted by Crippen LogP contribution is -2.26. The largest absolute Gasteiger partial charge is 0.507 e. The molecule has 0 aromatic heterocycles. The van der Waals surface area contributed by atoms with Gasteiger partial charge < -0.3 is 5.11 Å². The summed E-state index contributed by atoms with van der Waals surface area (Å²) in [6, 6.07) is 11.3. The van der Waals surface area contributed by atoms with Crippen LogP contribution in [0, 0.1) is 12.7 Å². The fourth-order valence-corrected chi connectivity index (χ4v) is 2.20. The second-order valence-electron chi connectivity index (χ2n) is 5.18. The number of likely N-dealkylation sites (N-methyl/N-ethyl adjacent to an activating group) is 1. The molecule has 2 rings (SSSR count). The summed E-state index contributed by atoms with van der Waals surface area (Å²) < 4.78 is 13.2. The number of carbonyl (C=O) groups is 1. The van der Waals surface area contributed by atoms with E-state index in [0.717, 1.165) is 23.3 Å². The number of hydrogen-bond acceptors (Lipinski definition) is 3. The summed E-state index contributed by atoms with van der Waals surface area (Å²) in [5.41, 5.74) is 2.31. The summed E-state index contributed by atoms with van der Waals surface area (Å²) in [6.45, 7) is 2.75. The lowest BCUT2D eigenvalue weighted by atomic mass is 10.1. The molecule has 0 bridgehead atoms. The van der Waals surface area contributed by atoms with Crippen molar-refractivity contribution in [2.24, 2.45) is 0 Å². The van der Waals surface area contributed by atoms with E-state index in [9.17, 15) is 14.3 Å². The summed E-state index contributed by atoms with van der Waals surface area (Å²) >= 11 is 0. The van der Waals surface area contributed by atoms with Crippen molar-refractivity contribution in [1.82, 2.24) is 4.90 Å². The van der Waals surface area contributed by atoms with Crippen molar-refractivity contribution in [3.05, 3.63) is 65.0 Å². The first-order chi connectivity index (χ1) is 9.97. The predicted molar refractivity (Wildman–Crippen MR) is 79.9 cm³/mol. The number of hydrogen-bond donors (Lipinski definition) is 1. The Labute approximate surface area is 123 Å². The van der Waals surface area contributed by atoms with Crippen molar-refractivity contribution in [3.8, 4) is 5.75 Å². The fourth-order valence-electron chi connectivity index (χ4n) is 2.20. The third kappa shape index (κ3) is 3.89. The molecule has 2 aromatic rings. The topological polar surface area (TPSA) is 40.5 Å². The van der Waals surface area contributed by atoms with Crippen molar-refractivity contribution < 1.29 is 14.3 Å². The highest BCUT2D eigenvalue weighted by atomic mass is 19.1. The van der Waals surface area contributed by atoms with E-state index in [-0.39, 0.29) is 23.6 Å². The van der Waals surface area contributed by atoms with Crippen LogP contribution in [0.15, 0.2) is 42.5 Å². The molecule has 2 aromatic carbocycles. The van der Waals surface area contributed by atoms with Crippen LogP contribution in [0.5, 0.6) is 5.75 Å². The maximum absolute atomic E-state index is 13.2. The standard InChI is InChI=1S/C17H18FNO2/c1-12-5-3-4-6-13(12)10-19(2)11-17(21)15-9-14(18)7-8-16(15)20/h3-9,20H,10-11H2,1-2H3. The first kappa shape index (κ1) is 15.2. The fraction of sp³-hybridized carbons (Fsp3) is 0.235. The molecule has 0 aliphatic heterocycles. The van der Waals surface area contributed by atoms with Crippen molar-refractivity contribution in [1.29, 1.82) is 0 Å². The molecule has 0 fully saturated rings. The number of carbonyl (C=O) groups excluding carboxylic acids is 1. The summed E-state index contributed by atoms with van der Waals surface area (Å²) in [5.74, 6) is -1.02. The van der Waals surface area contributed by atoms with Gasteiger partial charge in [-0.1, -0.05) is 24.3 Å². The molecule has 0 heterocycles. The Morgan fingerprint density at radius 2 is 1.95 bits per heavy atom.